The minimum absolute atomic E-state index is 0.219. The summed E-state index contributed by atoms with van der Waals surface area (Å²) in [4.78, 5) is 18.9. The van der Waals surface area contributed by atoms with Crippen LogP contribution in [0.4, 0.5) is 11.5 Å². The lowest BCUT2D eigenvalue weighted by Gasteiger charge is -2.40. The number of rotatable bonds is 4. The monoisotopic (exact) mass is 509 g/mol. The van der Waals surface area contributed by atoms with E-state index in [4.69, 9.17) is 9.97 Å². The number of benzene rings is 2. The number of aliphatic hydroxyl groups excluding tert-OH is 1. The van der Waals surface area contributed by atoms with Gasteiger partial charge in [-0.05, 0) is 68.4 Å². The molecule has 2 aromatic carbocycles. The number of aliphatic hydroxyl groups is 1. The van der Waals surface area contributed by atoms with Gasteiger partial charge in [-0.2, -0.15) is 0 Å². The van der Waals surface area contributed by atoms with E-state index in [0.29, 0.717) is 5.92 Å². The number of aromatic amines is 1. The number of nitrogens with one attached hydrogen (secondary N) is 1. The van der Waals surface area contributed by atoms with Crippen molar-refractivity contribution in [2.75, 3.05) is 22.9 Å². The molecule has 2 aliphatic heterocycles. The smallest absolute Gasteiger partial charge is 0.162 e. The number of aromatic nitrogens is 3. The summed E-state index contributed by atoms with van der Waals surface area (Å²) in [7, 11) is 0. The third-order valence-electron chi connectivity index (χ3n) is 8.54. The average Bonchev–Trinajstić information content (AvgIpc) is 3.29. The van der Waals surface area contributed by atoms with Crippen LogP contribution in [0.5, 0.6) is 0 Å². The Bertz CT molecular complexity index is 1490. The summed E-state index contributed by atoms with van der Waals surface area (Å²) in [5, 5.41) is 11.6. The van der Waals surface area contributed by atoms with Crippen LogP contribution in [0.15, 0.2) is 42.6 Å². The third kappa shape index (κ3) is 4.35. The first kappa shape index (κ1) is 24.9. The normalized spacial score (nSPS) is 19.9. The molecule has 6 heteroatoms. The Labute approximate surface area is 225 Å². The summed E-state index contributed by atoms with van der Waals surface area (Å²) in [5.41, 5.74) is 9.78. The van der Waals surface area contributed by atoms with Crippen LogP contribution in [0.25, 0.3) is 22.3 Å². The first-order chi connectivity index (χ1) is 18.3. The molecule has 0 saturated carbocycles. The van der Waals surface area contributed by atoms with Crippen molar-refractivity contribution in [1.82, 2.24) is 15.0 Å². The van der Waals surface area contributed by atoms with Crippen molar-refractivity contribution in [3.8, 4) is 11.4 Å². The second-order valence-electron chi connectivity index (χ2n) is 11.6. The highest BCUT2D eigenvalue weighted by Gasteiger charge is 2.31. The number of fused-ring (bicyclic) bond motifs is 2. The third-order valence-corrected chi connectivity index (χ3v) is 8.54. The molecule has 0 unspecified atom stereocenters. The Balaban J connectivity index is 1.48. The molecule has 1 fully saturated rings. The zero-order valence-electron chi connectivity index (χ0n) is 23.3. The molecular formula is C32H39N5O. The van der Waals surface area contributed by atoms with Crippen molar-refractivity contribution < 1.29 is 5.11 Å². The topological polar surface area (TPSA) is 68.3 Å². The fourth-order valence-electron chi connectivity index (χ4n) is 6.29. The van der Waals surface area contributed by atoms with Gasteiger partial charge in [0.05, 0.1) is 11.8 Å². The van der Waals surface area contributed by atoms with E-state index < -0.39 is 0 Å². The van der Waals surface area contributed by atoms with Gasteiger partial charge in [-0.15, -0.1) is 0 Å². The van der Waals surface area contributed by atoms with E-state index in [0.717, 1.165) is 67.3 Å². The zero-order chi connectivity index (χ0) is 26.6. The maximum Gasteiger partial charge on any atom is 0.162 e. The van der Waals surface area contributed by atoms with E-state index in [2.05, 4.69) is 92.0 Å². The van der Waals surface area contributed by atoms with Gasteiger partial charge >= 0.3 is 0 Å². The Hall–Kier alpha value is -3.38. The van der Waals surface area contributed by atoms with E-state index >= 15 is 0 Å². The van der Waals surface area contributed by atoms with Gasteiger partial charge in [0.2, 0.25) is 0 Å². The predicted molar refractivity (Wildman–Crippen MR) is 156 cm³/mol. The lowest BCUT2D eigenvalue weighted by Crippen LogP contribution is -2.44. The van der Waals surface area contributed by atoms with Gasteiger partial charge in [0.15, 0.2) is 5.82 Å². The standard InChI is InChI=1S/C32H39N5O/c1-19(2)23-10-9-20(3)29(16-23)36-13-12-27-26(18-36)32(37-14-11-24(38)15-22(37)5)35-31(34-27)25-7-6-8-28-30(25)21(4)17-33-28/h6-10,16-17,19,22,24,33,38H,11-15,18H2,1-5H3/t22-,24-/m0/s1. The first-order valence-electron chi connectivity index (χ1n) is 14.1. The molecule has 0 radical (unpaired) electrons. The van der Waals surface area contributed by atoms with Gasteiger partial charge < -0.3 is 19.9 Å². The number of aryl methyl sites for hydroxylation is 2. The van der Waals surface area contributed by atoms with Gasteiger partial charge in [-0.25, -0.2) is 9.97 Å². The number of piperidine rings is 1. The van der Waals surface area contributed by atoms with Crippen LogP contribution in [0.2, 0.25) is 0 Å². The van der Waals surface area contributed by atoms with E-state index in [-0.39, 0.29) is 12.1 Å². The Morgan fingerprint density at radius 3 is 2.68 bits per heavy atom. The van der Waals surface area contributed by atoms with E-state index in [1.807, 2.05) is 0 Å². The fraction of sp³-hybridized carbons (Fsp3) is 0.438. The van der Waals surface area contributed by atoms with Crippen molar-refractivity contribution in [3.63, 3.8) is 0 Å². The highest BCUT2D eigenvalue weighted by atomic mass is 16.3. The predicted octanol–water partition coefficient (Wildman–Crippen LogP) is 6.28. The Morgan fingerprint density at radius 1 is 1.05 bits per heavy atom. The molecular weight excluding hydrogens is 470 g/mol. The van der Waals surface area contributed by atoms with Crippen LogP contribution in [0.3, 0.4) is 0 Å². The van der Waals surface area contributed by atoms with Gasteiger partial charge in [0.25, 0.3) is 0 Å². The first-order valence-corrected chi connectivity index (χ1v) is 14.1. The zero-order valence-corrected chi connectivity index (χ0v) is 23.3. The molecule has 0 spiro atoms. The summed E-state index contributed by atoms with van der Waals surface area (Å²) >= 11 is 0. The molecule has 2 N–H and O–H groups in total. The molecule has 2 aliphatic rings. The fourth-order valence-corrected chi connectivity index (χ4v) is 6.29. The summed E-state index contributed by atoms with van der Waals surface area (Å²) < 4.78 is 0. The molecule has 6 rings (SSSR count). The highest BCUT2D eigenvalue weighted by molar-refractivity contribution is 5.96. The van der Waals surface area contributed by atoms with Crippen LogP contribution >= 0.6 is 0 Å². The van der Waals surface area contributed by atoms with Crippen LogP contribution in [-0.4, -0.2) is 45.3 Å². The minimum atomic E-state index is -0.243. The molecule has 6 nitrogen and oxygen atoms in total. The lowest BCUT2D eigenvalue weighted by atomic mass is 9.96. The van der Waals surface area contributed by atoms with Gasteiger partial charge in [-0.3, -0.25) is 0 Å². The summed E-state index contributed by atoms with van der Waals surface area (Å²) in [6.45, 7) is 13.6. The van der Waals surface area contributed by atoms with Gasteiger partial charge in [-0.1, -0.05) is 38.1 Å². The van der Waals surface area contributed by atoms with E-state index in [1.54, 1.807) is 0 Å². The number of nitrogens with zero attached hydrogens (tertiary/aromatic N) is 4. The second-order valence-corrected chi connectivity index (χ2v) is 11.6. The number of H-pyrrole nitrogens is 1. The lowest BCUT2D eigenvalue weighted by molar-refractivity contribution is 0.131. The maximum atomic E-state index is 10.4. The summed E-state index contributed by atoms with van der Waals surface area (Å²) in [5.74, 6) is 2.34. The number of anilines is 2. The average molecular weight is 510 g/mol. The van der Waals surface area contributed by atoms with Crippen molar-refractivity contribution in [1.29, 1.82) is 0 Å². The van der Waals surface area contributed by atoms with E-state index in [9.17, 15) is 5.11 Å². The van der Waals surface area contributed by atoms with Gasteiger partial charge in [0, 0.05) is 66.0 Å². The molecule has 38 heavy (non-hydrogen) atoms. The van der Waals surface area contributed by atoms with Gasteiger partial charge in [0.1, 0.15) is 5.82 Å². The molecule has 1 saturated heterocycles. The SMILES string of the molecule is Cc1ccc(C(C)C)cc1N1CCc2nc(-c3cccc4[nH]cc(C)c34)nc(N3CC[C@H](O)C[C@@H]3C)c2C1. The van der Waals surface area contributed by atoms with Crippen LogP contribution in [0, 0.1) is 13.8 Å². The molecule has 198 valence electrons. The highest BCUT2D eigenvalue weighted by Crippen LogP contribution is 2.37. The second kappa shape index (κ2) is 9.73. The molecule has 0 amide bonds. The number of hydrogen-bond donors (Lipinski definition) is 2. The molecule has 2 aromatic heterocycles. The Morgan fingerprint density at radius 2 is 1.89 bits per heavy atom. The Kier molecular flexibility index (Phi) is 6.39. The quantitative estimate of drug-likeness (QED) is 0.339. The molecule has 0 aliphatic carbocycles. The molecule has 4 heterocycles. The summed E-state index contributed by atoms with van der Waals surface area (Å²) in [6, 6.07) is 13.5. The van der Waals surface area contributed by atoms with Crippen molar-refractivity contribution in [3.05, 3.63) is 70.5 Å². The van der Waals surface area contributed by atoms with Crippen LogP contribution < -0.4 is 9.80 Å². The maximum absolute atomic E-state index is 10.4. The molecule has 2 atom stereocenters. The van der Waals surface area contributed by atoms with Crippen LogP contribution in [0.1, 0.15) is 67.5 Å². The van der Waals surface area contributed by atoms with Crippen molar-refractivity contribution in [2.24, 2.45) is 0 Å². The molecule has 0 bridgehead atoms. The number of hydrogen-bond acceptors (Lipinski definition) is 5. The van der Waals surface area contributed by atoms with E-state index in [1.165, 1.54) is 33.3 Å². The largest absolute Gasteiger partial charge is 0.393 e. The van der Waals surface area contributed by atoms with Crippen molar-refractivity contribution in [2.45, 2.75) is 78.5 Å². The van der Waals surface area contributed by atoms with Crippen molar-refractivity contribution >= 4 is 22.4 Å². The summed E-state index contributed by atoms with van der Waals surface area (Å²) in [6.07, 6.45) is 4.24. The molecule has 4 aromatic rings. The van der Waals surface area contributed by atoms with Crippen LogP contribution in [-0.2, 0) is 13.0 Å². The minimum Gasteiger partial charge on any atom is -0.393 e.